The quantitative estimate of drug-likeness (QED) is 0.376. The number of hydrogen-bond acceptors (Lipinski definition) is 6. The highest BCUT2D eigenvalue weighted by molar-refractivity contribution is 6.33. The Labute approximate surface area is 219 Å². The maximum atomic E-state index is 11.1. The smallest absolute Gasteiger partial charge is 0.296 e. The number of pyridine rings is 1. The van der Waals surface area contributed by atoms with E-state index < -0.39 is 5.60 Å². The van der Waals surface area contributed by atoms with Crippen molar-refractivity contribution in [3.8, 4) is 28.4 Å². The Hall–Kier alpha value is -3.46. The topological polar surface area (TPSA) is 98.4 Å². The molecule has 3 unspecified atom stereocenters. The van der Waals surface area contributed by atoms with Crippen molar-refractivity contribution in [3.05, 3.63) is 65.2 Å². The first kappa shape index (κ1) is 23.9. The third-order valence-corrected chi connectivity index (χ3v) is 7.45. The lowest BCUT2D eigenvalue weighted by Crippen LogP contribution is -2.45. The average molecular weight is 519 g/mol. The van der Waals surface area contributed by atoms with E-state index in [0.717, 1.165) is 28.7 Å². The first-order valence-corrected chi connectivity index (χ1v) is 12.7. The molecule has 2 N–H and O–H groups in total. The molecule has 4 aromatic rings. The molecule has 6 rings (SSSR count). The SMILES string of the molecule is CC(=O)NCc1ccc(-c2ccc(-c3nc4nc(OC5COC6CCOC65C)[nH]c4cc3Cl)cc2)cc1. The molecule has 0 spiro atoms. The first-order chi connectivity index (χ1) is 17.9. The molecular weight excluding hydrogens is 492 g/mol. The van der Waals surface area contributed by atoms with E-state index in [1.807, 2.05) is 61.5 Å². The van der Waals surface area contributed by atoms with Crippen LogP contribution in [0.1, 0.15) is 25.8 Å². The number of H-pyrrole nitrogens is 1. The van der Waals surface area contributed by atoms with E-state index in [0.29, 0.717) is 47.6 Å². The molecule has 1 amide bonds. The number of fused-ring (bicyclic) bond motifs is 2. The lowest BCUT2D eigenvalue weighted by atomic mass is 9.96. The summed E-state index contributed by atoms with van der Waals surface area (Å²) >= 11 is 6.62. The van der Waals surface area contributed by atoms with Crippen LogP contribution in [0, 0.1) is 0 Å². The molecule has 190 valence electrons. The summed E-state index contributed by atoms with van der Waals surface area (Å²) in [4.78, 5) is 23.6. The Morgan fingerprint density at radius 1 is 1.14 bits per heavy atom. The van der Waals surface area contributed by atoms with Crippen LogP contribution in [0.25, 0.3) is 33.5 Å². The molecule has 2 aliphatic rings. The molecule has 2 aliphatic heterocycles. The summed E-state index contributed by atoms with van der Waals surface area (Å²) in [5, 5.41) is 3.33. The Balaban J connectivity index is 1.20. The zero-order chi connectivity index (χ0) is 25.6. The van der Waals surface area contributed by atoms with Gasteiger partial charge in [0.05, 0.1) is 35.6 Å². The Kier molecular flexibility index (Phi) is 6.10. The number of halogens is 1. The molecule has 37 heavy (non-hydrogen) atoms. The number of ether oxygens (including phenoxy) is 3. The number of amides is 1. The summed E-state index contributed by atoms with van der Waals surface area (Å²) in [7, 11) is 0. The van der Waals surface area contributed by atoms with E-state index in [1.54, 1.807) is 0 Å². The van der Waals surface area contributed by atoms with Crippen LogP contribution in [-0.2, 0) is 20.8 Å². The van der Waals surface area contributed by atoms with E-state index >= 15 is 0 Å². The highest BCUT2D eigenvalue weighted by Gasteiger charge is 2.54. The lowest BCUT2D eigenvalue weighted by Gasteiger charge is -2.27. The molecular formula is C28H27ClN4O4. The average Bonchev–Trinajstić information content (AvgIpc) is 3.55. The fourth-order valence-corrected chi connectivity index (χ4v) is 5.25. The van der Waals surface area contributed by atoms with Gasteiger partial charge in [-0.25, -0.2) is 4.98 Å². The number of aromatic nitrogens is 3. The van der Waals surface area contributed by atoms with Gasteiger partial charge in [-0.05, 0) is 36.1 Å². The van der Waals surface area contributed by atoms with Gasteiger partial charge >= 0.3 is 0 Å². The standard InChI is InChI=1S/C28H27ClN4O4/c1-16(34)30-14-17-3-5-18(6-4-17)19-7-9-20(10-8-19)25-21(29)13-22-26(32-25)33-27(31-22)37-24-15-35-23-11-12-36-28(23,24)2/h3-10,13,23-24H,11-12,14-15H2,1-2H3,(H,30,34)(H,31,32,33). The monoisotopic (exact) mass is 518 g/mol. The highest BCUT2D eigenvalue weighted by Crippen LogP contribution is 2.39. The molecule has 0 bridgehead atoms. The fraction of sp³-hybridized carbons (Fsp3) is 0.321. The van der Waals surface area contributed by atoms with Crippen LogP contribution in [-0.4, -0.2) is 51.9 Å². The van der Waals surface area contributed by atoms with E-state index in [-0.39, 0.29) is 18.1 Å². The van der Waals surface area contributed by atoms with Crippen molar-refractivity contribution in [2.24, 2.45) is 0 Å². The van der Waals surface area contributed by atoms with Gasteiger partial charge < -0.3 is 24.5 Å². The molecule has 2 aromatic heterocycles. The second kappa shape index (κ2) is 9.45. The zero-order valence-electron chi connectivity index (χ0n) is 20.6. The third-order valence-electron chi connectivity index (χ3n) is 7.17. The van der Waals surface area contributed by atoms with Crippen molar-refractivity contribution < 1.29 is 19.0 Å². The minimum Gasteiger partial charge on any atom is -0.456 e. The molecule has 2 fully saturated rings. The van der Waals surface area contributed by atoms with E-state index in [9.17, 15) is 4.79 Å². The zero-order valence-corrected chi connectivity index (χ0v) is 21.3. The minimum absolute atomic E-state index is 0.0432. The van der Waals surface area contributed by atoms with Crippen LogP contribution in [0.4, 0.5) is 0 Å². The second-order valence-electron chi connectivity index (χ2n) is 9.67. The molecule has 8 nitrogen and oxygen atoms in total. The number of carbonyl (C=O) groups is 1. The molecule has 2 aromatic carbocycles. The molecule has 0 saturated carbocycles. The third kappa shape index (κ3) is 4.56. The number of benzene rings is 2. The maximum absolute atomic E-state index is 11.1. The van der Waals surface area contributed by atoms with Crippen molar-refractivity contribution >= 4 is 28.7 Å². The highest BCUT2D eigenvalue weighted by atomic mass is 35.5. The van der Waals surface area contributed by atoms with Crippen molar-refractivity contribution in [2.45, 2.75) is 44.6 Å². The van der Waals surface area contributed by atoms with Gasteiger partial charge in [0.25, 0.3) is 6.01 Å². The summed E-state index contributed by atoms with van der Waals surface area (Å²) in [5.74, 6) is -0.0432. The summed E-state index contributed by atoms with van der Waals surface area (Å²) in [5.41, 5.74) is 5.51. The molecule has 9 heteroatoms. The molecule has 0 aliphatic carbocycles. The van der Waals surface area contributed by atoms with Gasteiger partial charge in [-0.3, -0.25) is 4.79 Å². The maximum Gasteiger partial charge on any atom is 0.296 e. The number of nitrogens with one attached hydrogen (secondary N) is 2. The molecule has 0 radical (unpaired) electrons. The Morgan fingerprint density at radius 3 is 2.57 bits per heavy atom. The Bertz CT molecular complexity index is 1450. The summed E-state index contributed by atoms with van der Waals surface area (Å²) in [6, 6.07) is 18.4. The predicted molar refractivity (Wildman–Crippen MR) is 140 cm³/mol. The number of rotatable bonds is 6. The summed E-state index contributed by atoms with van der Waals surface area (Å²) in [6.45, 7) is 5.19. The van der Waals surface area contributed by atoms with E-state index in [1.165, 1.54) is 6.92 Å². The van der Waals surface area contributed by atoms with Crippen molar-refractivity contribution in [3.63, 3.8) is 0 Å². The normalized spacial score (nSPS) is 22.8. The number of nitrogens with zero attached hydrogens (tertiary/aromatic N) is 2. The van der Waals surface area contributed by atoms with Crippen LogP contribution >= 0.6 is 11.6 Å². The van der Waals surface area contributed by atoms with Gasteiger partial charge in [0.2, 0.25) is 5.91 Å². The van der Waals surface area contributed by atoms with Crippen LogP contribution in [0.5, 0.6) is 6.01 Å². The van der Waals surface area contributed by atoms with Gasteiger partial charge in [0.1, 0.15) is 5.60 Å². The predicted octanol–water partition coefficient (Wildman–Crippen LogP) is 4.91. The van der Waals surface area contributed by atoms with Crippen molar-refractivity contribution in [2.75, 3.05) is 13.2 Å². The van der Waals surface area contributed by atoms with Crippen LogP contribution in [0.2, 0.25) is 5.02 Å². The van der Waals surface area contributed by atoms with Gasteiger partial charge in [0.15, 0.2) is 11.8 Å². The van der Waals surface area contributed by atoms with Gasteiger partial charge in [-0.2, -0.15) is 4.98 Å². The molecule has 3 atom stereocenters. The van der Waals surface area contributed by atoms with Crippen LogP contribution < -0.4 is 10.1 Å². The van der Waals surface area contributed by atoms with Gasteiger partial charge in [-0.1, -0.05) is 60.1 Å². The molecule has 2 saturated heterocycles. The summed E-state index contributed by atoms with van der Waals surface area (Å²) in [6.07, 6.45) is 0.674. The number of imidazole rings is 1. The number of hydrogen-bond donors (Lipinski definition) is 2. The van der Waals surface area contributed by atoms with Crippen LogP contribution in [0.15, 0.2) is 54.6 Å². The first-order valence-electron chi connectivity index (χ1n) is 12.3. The molecule has 4 heterocycles. The van der Waals surface area contributed by atoms with Crippen molar-refractivity contribution in [1.29, 1.82) is 0 Å². The minimum atomic E-state index is -0.470. The van der Waals surface area contributed by atoms with Gasteiger partial charge in [0, 0.05) is 19.0 Å². The number of aromatic amines is 1. The van der Waals surface area contributed by atoms with Crippen molar-refractivity contribution in [1.82, 2.24) is 20.3 Å². The fourth-order valence-electron chi connectivity index (χ4n) is 4.99. The largest absolute Gasteiger partial charge is 0.456 e. The second-order valence-corrected chi connectivity index (χ2v) is 10.1. The summed E-state index contributed by atoms with van der Waals surface area (Å²) < 4.78 is 17.9. The van der Waals surface area contributed by atoms with Crippen LogP contribution in [0.3, 0.4) is 0 Å². The van der Waals surface area contributed by atoms with E-state index in [2.05, 4.69) is 15.3 Å². The lowest BCUT2D eigenvalue weighted by molar-refractivity contribution is -0.119. The van der Waals surface area contributed by atoms with E-state index in [4.69, 9.17) is 30.8 Å². The number of carbonyl (C=O) groups excluding carboxylic acids is 1. The Morgan fingerprint density at radius 2 is 1.84 bits per heavy atom. The van der Waals surface area contributed by atoms with Gasteiger partial charge in [-0.15, -0.1) is 0 Å².